The van der Waals surface area contributed by atoms with Gasteiger partial charge in [-0.15, -0.1) is 12.4 Å². The number of methoxy groups -OCH3 is 1. The molecule has 24 heavy (non-hydrogen) atoms. The molecule has 0 aliphatic carbocycles. The van der Waals surface area contributed by atoms with Crippen LogP contribution in [0, 0.1) is 0 Å². The third kappa shape index (κ3) is 4.55. The second kappa shape index (κ2) is 9.49. The first-order valence-electron chi connectivity index (χ1n) is 8.06. The number of piperidine rings is 1. The smallest absolute Gasteiger partial charge is 0.254 e. The molecule has 0 saturated carbocycles. The molecular formula is C17H26BrClN2O3. The van der Waals surface area contributed by atoms with Gasteiger partial charge in [-0.25, -0.2) is 0 Å². The number of nitrogens with two attached hydrogens (primary N) is 1. The highest BCUT2D eigenvalue weighted by Gasteiger charge is 2.30. The highest BCUT2D eigenvalue weighted by Crippen LogP contribution is 2.37. The van der Waals surface area contributed by atoms with E-state index < -0.39 is 0 Å². The Balaban J connectivity index is 0.00000288. The van der Waals surface area contributed by atoms with Gasteiger partial charge in [0.1, 0.15) is 0 Å². The van der Waals surface area contributed by atoms with Crippen LogP contribution >= 0.6 is 28.3 Å². The SMILES string of the molecule is CCOc1c(Br)cc(C(=O)N2CCCCC2C(C)N)cc1OC.Cl. The number of benzene rings is 1. The summed E-state index contributed by atoms with van der Waals surface area (Å²) in [5, 5.41) is 0. The van der Waals surface area contributed by atoms with Gasteiger partial charge in [0.05, 0.1) is 18.2 Å². The Morgan fingerprint density at radius 1 is 1.46 bits per heavy atom. The van der Waals surface area contributed by atoms with Crippen LogP contribution in [-0.2, 0) is 0 Å². The summed E-state index contributed by atoms with van der Waals surface area (Å²) in [5.41, 5.74) is 6.66. The van der Waals surface area contributed by atoms with Crippen LogP contribution in [0.5, 0.6) is 11.5 Å². The van der Waals surface area contributed by atoms with Crippen molar-refractivity contribution in [2.45, 2.75) is 45.2 Å². The van der Waals surface area contributed by atoms with E-state index in [4.69, 9.17) is 15.2 Å². The van der Waals surface area contributed by atoms with Crippen LogP contribution in [-0.4, -0.2) is 43.2 Å². The number of likely N-dealkylation sites (tertiary alicyclic amines) is 1. The van der Waals surface area contributed by atoms with E-state index in [0.717, 1.165) is 30.3 Å². The number of nitrogens with zero attached hydrogens (tertiary/aromatic N) is 1. The van der Waals surface area contributed by atoms with Crippen molar-refractivity contribution in [2.75, 3.05) is 20.3 Å². The largest absolute Gasteiger partial charge is 0.493 e. The van der Waals surface area contributed by atoms with E-state index in [0.29, 0.717) is 23.7 Å². The van der Waals surface area contributed by atoms with Gasteiger partial charge in [0.2, 0.25) is 0 Å². The van der Waals surface area contributed by atoms with E-state index in [1.54, 1.807) is 19.2 Å². The Bertz CT molecular complexity index is 569. The molecule has 1 amide bonds. The van der Waals surface area contributed by atoms with E-state index >= 15 is 0 Å². The van der Waals surface area contributed by atoms with Gasteiger partial charge in [0, 0.05) is 24.2 Å². The van der Waals surface area contributed by atoms with Gasteiger partial charge < -0.3 is 20.1 Å². The molecule has 0 spiro atoms. The highest BCUT2D eigenvalue weighted by molar-refractivity contribution is 9.10. The Labute approximate surface area is 158 Å². The third-order valence-corrected chi connectivity index (χ3v) is 4.77. The molecule has 0 radical (unpaired) electrons. The van der Waals surface area contributed by atoms with Gasteiger partial charge in [0.15, 0.2) is 11.5 Å². The molecule has 2 rings (SSSR count). The minimum Gasteiger partial charge on any atom is -0.493 e. The van der Waals surface area contributed by atoms with Crippen LogP contribution in [0.3, 0.4) is 0 Å². The molecule has 7 heteroatoms. The maximum Gasteiger partial charge on any atom is 0.254 e. The van der Waals surface area contributed by atoms with Crippen molar-refractivity contribution in [1.82, 2.24) is 4.90 Å². The first kappa shape index (κ1) is 21.1. The maximum atomic E-state index is 13.0. The van der Waals surface area contributed by atoms with E-state index in [1.165, 1.54) is 0 Å². The predicted molar refractivity (Wildman–Crippen MR) is 101 cm³/mol. The number of hydrogen-bond donors (Lipinski definition) is 1. The van der Waals surface area contributed by atoms with E-state index in [-0.39, 0.29) is 30.4 Å². The van der Waals surface area contributed by atoms with Crippen molar-refractivity contribution in [2.24, 2.45) is 5.73 Å². The zero-order valence-electron chi connectivity index (χ0n) is 14.4. The summed E-state index contributed by atoms with van der Waals surface area (Å²) in [5.74, 6) is 1.17. The fraction of sp³-hybridized carbons (Fsp3) is 0.588. The van der Waals surface area contributed by atoms with E-state index in [2.05, 4.69) is 15.9 Å². The highest BCUT2D eigenvalue weighted by atomic mass is 79.9. The molecule has 1 aliphatic heterocycles. The van der Waals surface area contributed by atoms with E-state index in [9.17, 15) is 4.79 Å². The summed E-state index contributed by atoms with van der Waals surface area (Å²) >= 11 is 3.48. The summed E-state index contributed by atoms with van der Waals surface area (Å²) in [4.78, 5) is 14.9. The lowest BCUT2D eigenvalue weighted by atomic mass is 9.96. The minimum atomic E-state index is -0.0349. The Hall–Kier alpha value is -0.980. The number of hydrogen-bond acceptors (Lipinski definition) is 4. The fourth-order valence-corrected chi connectivity index (χ4v) is 3.61. The quantitative estimate of drug-likeness (QED) is 0.788. The molecule has 1 heterocycles. The average molecular weight is 422 g/mol. The standard InChI is InChI=1S/C17H25BrN2O3.ClH/c1-4-23-16-13(18)9-12(10-15(16)22-3)17(21)20-8-6-5-7-14(20)11(2)19;/h9-11,14H,4-8,19H2,1-3H3;1H. The summed E-state index contributed by atoms with van der Waals surface area (Å²) in [6.07, 6.45) is 3.09. The topological polar surface area (TPSA) is 64.8 Å². The molecule has 2 atom stereocenters. The second-order valence-electron chi connectivity index (χ2n) is 5.84. The van der Waals surface area contributed by atoms with Crippen molar-refractivity contribution in [1.29, 1.82) is 0 Å². The molecule has 0 bridgehead atoms. The predicted octanol–water partition coefficient (Wildman–Crippen LogP) is 3.62. The van der Waals surface area contributed by atoms with E-state index in [1.807, 2.05) is 18.7 Å². The molecule has 1 aliphatic rings. The van der Waals surface area contributed by atoms with Crippen molar-refractivity contribution in [3.05, 3.63) is 22.2 Å². The number of carbonyl (C=O) groups is 1. The number of amides is 1. The zero-order chi connectivity index (χ0) is 17.0. The summed E-state index contributed by atoms with van der Waals surface area (Å²) < 4.78 is 11.7. The van der Waals surface area contributed by atoms with Crippen molar-refractivity contribution in [3.63, 3.8) is 0 Å². The van der Waals surface area contributed by atoms with Crippen LogP contribution in [0.1, 0.15) is 43.5 Å². The van der Waals surface area contributed by atoms with Gasteiger partial charge in [-0.1, -0.05) is 0 Å². The summed E-state index contributed by atoms with van der Waals surface area (Å²) in [6.45, 7) is 5.15. The van der Waals surface area contributed by atoms with Gasteiger partial charge in [-0.2, -0.15) is 0 Å². The number of ether oxygens (including phenoxy) is 2. The Kier molecular flexibility index (Phi) is 8.33. The molecule has 2 N–H and O–H groups in total. The molecule has 1 fully saturated rings. The van der Waals surface area contributed by atoms with Gasteiger partial charge in [-0.05, 0) is 61.2 Å². The Morgan fingerprint density at radius 3 is 2.75 bits per heavy atom. The lowest BCUT2D eigenvalue weighted by Crippen LogP contribution is -2.51. The first-order chi connectivity index (χ1) is 11.0. The zero-order valence-corrected chi connectivity index (χ0v) is 16.8. The van der Waals surface area contributed by atoms with Crippen LogP contribution in [0.15, 0.2) is 16.6 Å². The van der Waals surface area contributed by atoms with Crippen molar-refractivity contribution < 1.29 is 14.3 Å². The van der Waals surface area contributed by atoms with Crippen LogP contribution in [0.2, 0.25) is 0 Å². The van der Waals surface area contributed by atoms with Crippen molar-refractivity contribution >= 4 is 34.2 Å². The minimum absolute atomic E-state index is 0. The third-order valence-electron chi connectivity index (χ3n) is 4.18. The fourth-order valence-electron chi connectivity index (χ4n) is 3.05. The maximum absolute atomic E-state index is 13.0. The first-order valence-corrected chi connectivity index (χ1v) is 8.85. The van der Waals surface area contributed by atoms with Gasteiger partial charge >= 0.3 is 0 Å². The molecule has 0 aromatic heterocycles. The van der Waals surface area contributed by atoms with Gasteiger partial charge in [0.25, 0.3) is 5.91 Å². The molecule has 1 aromatic rings. The number of carbonyl (C=O) groups excluding carboxylic acids is 1. The Morgan fingerprint density at radius 2 is 2.17 bits per heavy atom. The lowest BCUT2D eigenvalue weighted by molar-refractivity contribution is 0.0583. The second-order valence-corrected chi connectivity index (χ2v) is 6.70. The monoisotopic (exact) mass is 420 g/mol. The number of halogens is 2. The van der Waals surface area contributed by atoms with Crippen LogP contribution in [0.25, 0.3) is 0 Å². The summed E-state index contributed by atoms with van der Waals surface area (Å²) in [7, 11) is 1.57. The normalized spacial score (nSPS) is 18.5. The molecule has 1 aromatic carbocycles. The summed E-state index contributed by atoms with van der Waals surface area (Å²) in [6, 6.07) is 3.59. The molecular weight excluding hydrogens is 396 g/mol. The average Bonchev–Trinajstić information content (AvgIpc) is 2.55. The van der Waals surface area contributed by atoms with Crippen LogP contribution < -0.4 is 15.2 Å². The van der Waals surface area contributed by atoms with Crippen molar-refractivity contribution in [3.8, 4) is 11.5 Å². The molecule has 2 unspecified atom stereocenters. The molecule has 136 valence electrons. The van der Waals surface area contributed by atoms with Gasteiger partial charge in [-0.3, -0.25) is 4.79 Å². The lowest BCUT2D eigenvalue weighted by Gasteiger charge is -2.38. The molecule has 5 nitrogen and oxygen atoms in total. The number of rotatable bonds is 5. The molecule has 1 saturated heterocycles. The van der Waals surface area contributed by atoms with Crippen LogP contribution in [0.4, 0.5) is 0 Å².